The first kappa shape index (κ1) is 16.8. The van der Waals surface area contributed by atoms with Crippen LogP contribution in [0.25, 0.3) is 0 Å². The van der Waals surface area contributed by atoms with Crippen molar-refractivity contribution in [2.45, 2.75) is 45.4 Å². The van der Waals surface area contributed by atoms with Gasteiger partial charge in [0.15, 0.2) is 5.78 Å². The highest BCUT2D eigenvalue weighted by Gasteiger charge is 2.41. The standard InChI is InChI=1S/C18H21NO4S/c1-3-10-8-9-13(24-10)15-14-11(20)6-5-7-12(14)23-17(19)16(15)18(21)22-4-2/h8-9,15H,3-7,19H2,1-2H3/t15-/m0/s1. The number of thiophene rings is 1. The van der Waals surface area contributed by atoms with Crippen LogP contribution in [0.4, 0.5) is 0 Å². The monoisotopic (exact) mass is 347 g/mol. The summed E-state index contributed by atoms with van der Waals surface area (Å²) in [6.45, 7) is 4.06. The predicted molar refractivity (Wildman–Crippen MR) is 91.3 cm³/mol. The summed E-state index contributed by atoms with van der Waals surface area (Å²) in [4.78, 5) is 27.2. The van der Waals surface area contributed by atoms with Crippen molar-refractivity contribution < 1.29 is 19.1 Å². The van der Waals surface area contributed by atoms with E-state index >= 15 is 0 Å². The van der Waals surface area contributed by atoms with Crippen LogP contribution in [0, 0.1) is 0 Å². The van der Waals surface area contributed by atoms with Gasteiger partial charge in [0.2, 0.25) is 5.88 Å². The lowest BCUT2D eigenvalue weighted by atomic mass is 9.80. The normalized spacial score (nSPS) is 20.8. The fourth-order valence-corrected chi connectivity index (χ4v) is 4.26. The van der Waals surface area contributed by atoms with E-state index in [0.29, 0.717) is 24.2 Å². The van der Waals surface area contributed by atoms with Crippen LogP contribution >= 0.6 is 11.3 Å². The number of hydrogen-bond acceptors (Lipinski definition) is 6. The topological polar surface area (TPSA) is 78.6 Å². The maximum absolute atomic E-state index is 12.6. The minimum absolute atomic E-state index is 0.0296. The predicted octanol–water partition coefficient (Wildman–Crippen LogP) is 3.16. The first-order chi connectivity index (χ1) is 11.6. The average molecular weight is 347 g/mol. The Balaban J connectivity index is 2.13. The zero-order valence-corrected chi connectivity index (χ0v) is 14.7. The van der Waals surface area contributed by atoms with Gasteiger partial charge in [-0.3, -0.25) is 4.79 Å². The Morgan fingerprint density at radius 3 is 2.83 bits per heavy atom. The Morgan fingerprint density at radius 2 is 2.17 bits per heavy atom. The van der Waals surface area contributed by atoms with Crippen LogP contribution in [0.3, 0.4) is 0 Å². The van der Waals surface area contributed by atoms with Crippen molar-refractivity contribution in [3.63, 3.8) is 0 Å². The third-order valence-corrected chi connectivity index (χ3v) is 5.59. The summed E-state index contributed by atoms with van der Waals surface area (Å²) in [6.07, 6.45) is 2.79. The quantitative estimate of drug-likeness (QED) is 0.847. The molecule has 1 aliphatic heterocycles. The number of ether oxygens (including phenoxy) is 2. The van der Waals surface area contributed by atoms with E-state index in [0.717, 1.165) is 17.7 Å². The van der Waals surface area contributed by atoms with Gasteiger partial charge in [0, 0.05) is 28.2 Å². The van der Waals surface area contributed by atoms with Gasteiger partial charge < -0.3 is 15.2 Å². The smallest absolute Gasteiger partial charge is 0.340 e. The first-order valence-electron chi connectivity index (χ1n) is 8.26. The Labute approximate surface area is 145 Å². The second-order valence-electron chi connectivity index (χ2n) is 5.80. The minimum Gasteiger partial charge on any atom is -0.462 e. The van der Waals surface area contributed by atoms with Crippen LogP contribution in [0.15, 0.2) is 34.9 Å². The third-order valence-electron chi connectivity index (χ3n) is 4.30. The molecule has 1 aromatic rings. The summed E-state index contributed by atoms with van der Waals surface area (Å²) in [5.74, 6) is -0.309. The highest BCUT2D eigenvalue weighted by Crippen LogP contribution is 2.45. The van der Waals surface area contributed by atoms with Gasteiger partial charge in [-0.05, 0) is 31.9 Å². The van der Waals surface area contributed by atoms with E-state index in [1.807, 2.05) is 12.1 Å². The Bertz CT molecular complexity index is 744. The van der Waals surface area contributed by atoms with Crippen molar-refractivity contribution in [1.82, 2.24) is 0 Å². The number of esters is 1. The van der Waals surface area contributed by atoms with Crippen molar-refractivity contribution >= 4 is 23.1 Å². The average Bonchev–Trinajstić information content (AvgIpc) is 3.02. The summed E-state index contributed by atoms with van der Waals surface area (Å²) < 4.78 is 10.8. The zero-order chi connectivity index (χ0) is 17.3. The van der Waals surface area contributed by atoms with Gasteiger partial charge in [-0.25, -0.2) is 4.79 Å². The Hall–Kier alpha value is -2.08. The van der Waals surface area contributed by atoms with E-state index in [1.165, 1.54) is 4.88 Å². The van der Waals surface area contributed by atoms with Crippen LogP contribution in [0.5, 0.6) is 0 Å². The molecule has 128 valence electrons. The molecule has 5 nitrogen and oxygen atoms in total. The van der Waals surface area contributed by atoms with Gasteiger partial charge in [-0.2, -0.15) is 0 Å². The fourth-order valence-electron chi connectivity index (χ4n) is 3.19. The number of allylic oxidation sites excluding steroid dienone is 2. The van der Waals surface area contributed by atoms with Gasteiger partial charge in [0.1, 0.15) is 11.3 Å². The lowest BCUT2D eigenvalue weighted by Crippen LogP contribution is -2.31. The minimum atomic E-state index is -0.517. The van der Waals surface area contributed by atoms with E-state index in [-0.39, 0.29) is 23.8 Å². The molecule has 0 aromatic carbocycles. The lowest BCUT2D eigenvalue weighted by Gasteiger charge is -2.31. The summed E-state index contributed by atoms with van der Waals surface area (Å²) >= 11 is 1.60. The van der Waals surface area contributed by atoms with Gasteiger partial charge >= 0.3 is 5.97 Å². The zero-order valence-electron chi connectivity index (χ0n) is 13.9. The van der Waals surface area contributed by atoms with E-state index in [1.54, 1.807) is 18.3 Å². The first-order valence-corrected chi connectivity index (χ1v) is 9.07. The molecule has 1 aliphatic carbocycles. The van der Waals surface area contributed by atoms with Crippen molar-refractivity contribution in [3.05, 3.63) is 44.7 Å². The molecule has 2 N–H and O–H groups in total. The van der Waals surface area contributed by atoms with Crippen molar-refractivity contribution in [3.8, 4) is 0 Å². The summed E-state index contributed by atoms with van der Waals surface area (Å²) in [6, 6.07) is 4.00. The molecule has 0 saturated carbocycles. The van der Waals surface area contributed by atoms with Gasteiger partial charge in [-0.1, -0.05) is 6.92 Å². The van der Waals surface area contributed by atoms with E-state index < -0.39 is 11.9 Å². The molecule has 1 atom stereocenters. The molecule has 0 saturated heterocycles. The number of aryl methyl sites for hydroxylation is 1. The number of carbonyl (C=O) groups is 2. The molecule has 6 heteroatoms. The van der Waals surface area contributed by atoms with Gasteiger partial charge in [0.05, 0.1) is 12.5 Å². The largest absolute Gasteiger partial charge is 0.462 e. The van der Waals surface area contributed by atoms with Crippen molar-refractivity contribution in [1.29, 1.82) is 0 Å². The lowest BCUT2D eigenvalue weighted by molar-refractivity contribution is -0.139. The molecule has 1 aromatic heterocycles. The number of ketones is 1. The molecule has 0 amide bonds. The number of hydrogen-bond donors (Lipinski definition) is 1. The maximum Gasteiger partial charge on any atom is 0.340 e. The molecule has 24 heavy (non-hydrogen) atoms. The van der Waals surface area contributed by atoms with Crippen LogP contribution in [0.2, 0.25) is 0 Å². The van der Waals surface area contributed by atoms with Crippen molar-refractivity contribution in [2.75, 3.05) is 6.61 Å². The summed E-state index contributed by atoms with van der Waals surface area (Å²) in [5, 5.41) is 0. The van der Waals surface area contributed by atoms with Crippen LogP contribution in [0.1, 0.15) is 48.8 Å². The highest BCUT2D eigenvalue weighted by atomic mass is 32.1. The van der Waals surface area contributed by atoms with Crippen LogP contribution in [-0.2, 0) is 25.5 Å². The van der Waals surface area contributed by atoms with E-state index in [4.69, 9.17) is 15.2 Å². The molecular weight excluding hydrogens is 326 g/mol. The number of rotatable bonds is 4. The molecule has 2 aliphatic rings. The molecule has 3 rings (SSSR count). The summed E-state index contributed by atoms with van der Waals surface area (Å²) in [7, 11) is 0. The SMILES string of the molecule is CCOC(=O)C1=C(N)OC2=C(C(=O)CCC2)[C@@H]1c1ccc(CC)s1. The summed E-state index contributed by atoms with van der Waals surface area (Å²) in [5.41, 5.74) is 6.86. The van der Waals surface area contributed by atoms with Gasteiger partial charge in [0.25, 0.3) is 0 Å². The number of nitrogens with two attached hydrogens (primary N) is 1. The molecule has 0 radical (unpaired) electrons. The Kier molecular flexibility index (Phi) is 4.76. The molecule has 2 heterocycles. The fraction of sp³-hybridized carbons (Fsp3) is 0.444. The molecular formula is C18H21NO4S. The van der Waals surface area contributed by atoms with Crippen LogP contribution in [-0.4, -0.2) is 18.4 Å². The van der Waals surface area contributed by atoms with Crippen molar-refractivity contribution in [2.24, 2.45) is 5.73 Å². The van der Waals surface area contributed by atoms with Gasteiger partial charge in [-0.15, -0.1) is 11.3 Å². The number of carbonyl (C=O) groups excluding carboxylic acids is 2. The van der Waals surface area contributed by atoms with E-state index in [9.17, 15) is 9.59 Å². The second kappa shape index (κ2) is 6.81. The molecule has 0 fully saturated rings. The molecule has 0 spiro atoms. The second-order valence-corrected chi connectivity index (χ2v) is 7.00. The Morgan fingerprint density at radius 1 is 1.38 bits per heavy atom. The third kappa shape index (κ3) is 2.86. The highest BCUT2D eigenvalue weighted by molar-refractivity contribution is 7.12. The number of Topliss-reactive ketones (excluding diaryl/α,β-unsaturated/α-hetero) is 1. The maximum atomic E-state index is 12.6. The molecule has 0 bridgehead atoms. The van der Waals surface area contributed by atoms with Crippen LogP contribution < -0.4 is 5.73 Å². The molecule has 0 unspecified atom stereocenters. The van der Waals surface area contributed by atoms with E-state index in [2.05, 4.69) is 6.92 Å².